The van der Waals surface area contributed by atoms with E-state index in [1.54, 1.807) is 42.3 Å². The maximum absolute atomic E-state index is 9.67. The summed E-state index contributed by atoms with van der Waals surface area (Å²) >= 11 is 0. The third kappa shape index (κ3) is 4.22. The van der Waals surface area contributed by atoms with Crippen LogP contribution in [0.4, 0.5) is 0 Å². The standard InChI is InChI=1S/C17H17N5O3/c1-3-24-17-19-9-13(10-20-17)4-5-15-8-14(21-25-15)11-22-7-6-18-16(22)12(2)23/h6-10,12,23H,3,11H2,1-2H3/t12-/m0/s1. The molecule has 0 fully saturated rings. The van der Waals surface area contributed by atoms with Gasteiger partial charge in [-0.15, -0.1) is 0 Å². The van der Waals surface area contributed by atoms with Crippen molar-refractivity contribution in [3.05, 3.63) is 53.7 Å². The summed E-state index contributed by atoms with van der Waals surface area (Å²) in [7, 11) is 0. The largest absolute Gasteiger partial charge is 0.464 e. The Labute approximate surface area is 144 Å². The van der Waals surface area contributed by atoms with E-state index in [0.717, 1.165) is 0 Å². The Balaban J connectivity index is 1.69. The highest BCUT2D eigenvalue weighted by molar-refractivity contribution is 5.37. The molecule has 3 aromatic heterocycles. The number of imidazole rings is 1. The minimum atomic E-state index is -0.652. The molecule has 3 heterocycles. The number of aliphatic hydroxyl groups excluding tert-OH is 1. The van der Waals surface area contributed by atoms with E-state index in [9.17, 15) is 5.11 Å². The van der Waals surface area contributed by atoms with Crippen LogP contribution in [0, 0.1) is 11.8 Å². The second-order valence-electron chi connectivity index (χ2n) is 5.21. The molecule has 1 atom stereocenters. The van der Waals surface area contributed by atoms with Crippen LogP contribution in [-0.4, -0.2) is 36.4 Å². The summed E-state index contributed by atoms with van der Waals surface area (Å²) in [5.41, 5.74) is 1.33. The van der Waals surface area contributed by atoms with Crippen LogP contribution in [0.15, 0.2) is 35.4 Å². The molecule has 1 N–H and O–H groups in total. The molecule has 25 heavy (non-hydrogen) atoms. The Morgan fingerprint density at radius 1 is 1.28 bits per heavy atom. The van der Waals surface area contributed by atoms with E-state index in [-0.39, 0.29) is 0 Å². The van der Waals surface area contributed by atoms with Crippen molar-refractivity contribution in [1.82, 2.24) is 24.7 Å². The van der Waals surface area contributed by atoms with Crippen LogP contribution in [-0.2, 0) is 6.54 Å². The smallest absolute Gasteiger partial charge is 0.316 e. The van der Waals surface area contributed by atoms with E-state index in [0.29, 0.717) is 42.0 Å². The van der Waals surface area contributed by atoms with E-state index in [2.05, 4.69) is 31.9 Å². The van der Waals surface area contributed by atoms with Gasteiger partial charge in [-0.05, 0) is 19.8 Å². The lowest BCUT2D eigenvalue weighted by atomic mass is 10.3. The highest BCUT2D eigenvalue weighted by Gasteiger charge is 2.10. The highest BCUT2D eigenvalue weighted by atomic mass is 16.5. The van der Waals surface area contributed by atoms with Gasteiger partial charge in [0.15, 0.2) is 0 Å². The Hall–Kier alpha value is -3.18. The lowest BCUT2D eigenvalue weighted by Crippen LogP contribution is -2.07. The first-order chi connectivity index (χ1) is 12.2. The molecule has 0 aliphatic carbocycles. The average molecular weight is 339 g/mol. The molecule has 0 spiro atoms. The molecule has 0 aliphatic heterocycles. The number of nitrogens with zero attached hydrogens (tertiary/aromatic N) is 5. The molecule has 0 radical (unpaired) electrons. The normalized spacial score (nSPS) is 11.6. The van der Waals surface area contributed by atoms with Gasteiger partial charge >= 0.3 is 6.01 Å². The fraction of sp³-hybridized carbons (Fsp3) is 0.294. The fourth-order valence-corrected chi connectivity index (χ4v) is 2.16. The molecule has 0 unspecified atom stereocenters. The molecule has 0 aliphatic rings. The zero-order valence-electron chi connectivity index (χ0n) is 13.9. The van der Waals surface area contributed by atoms with E-state index >= 15 is 0 Å². The van der Waals surface area contributed by atoms with Gasteiger partial charge in [0.2, 0.25) is 5.76 Å². The topological polar surface area (TPSA) is 99.1 Å². The second-order valence-corrected chi connectivity index (χ2v) is 5.21. The van der Waals surface area contributed by atoms with Crippen molar-refractivity contribution in [1.29, 1.82) is 0 Å². The van der Waals surface area contributed by atoms with Crippen LogP contribution in [0.1, 0.15) is 42.8 Å². The third-order valence-corrected chi connectivity index (χ3v) is 3.24. The zero-order chi connectivity index (χ0) is 17.6. The molecule has 0 aromatic carbocycles. The number of hydrogen-bond donors (Lipinski definition) is 1. The molecule has 8 heteroatoms. The summed E-state index contributed by atoms with van der Waals surface area (Å²) < 4.78 is 12.2. The summed E-state index contributed by atoms with van der Waals surface area (Å²) in [5, 5.41) is 13.7. The van der Waals surface area contributed by atoms with Gasteiger partial charge in [-0.3, -0.25) is 0 Å². The maximum Gasteiger partial charge on any atom is 0.316 e. The Morgan fingerprint density at radius 2 is 2.08 bits per heavy atom. The summed E-state index contributed by atoms with van der Waals surface area (Å²) in [6, 6.07) is 2.07. The maximum atomic E-state index is 9.67. The van der Waals surface area contributed by atoms with Gasteiger partial charge in [0.1, 0.15) is 17.6 Å². The van der Waals surface area contributed by atoms with Gasteiger partial charge in [-0.1, -0.05) is 11.1 Å². The van der Waals surface area contributed by atoms with E-state index < -0.39 is 6.10 Å². The van der Waals surface area contributed by atoms with Gasteiger partial charge in [0.05, 0.1) is 18.7 Å². The van der Waals surface area contributed by atoms with Crippen LogP contribution in [0.25, 0.3) is 0 Å². The lowest BCUT2D eigenvalue weighted by Gasteiger charge is -2.07. The predicted octanol–water partition coefficient (Wildman–Crippen LogP) is 1.56. The first kappa shape index (κ1) is 16.7. The molecule has 8 nitrogen and oxygen atoms in total. The number of aromatic nitrogens is 5. The van der Waals surface area contributed by atoms with Crippen molar-refractivity contribution < 1.29 is 14.4 Å². The van der Waals surface area contributed by atoms with Crippen LogP contribution >= 0.6 is 0 Å². The zero-order valence-corrected chi connectivity index (χ0v) is 13.9. The van der Waals surface area contributed by atoms with Gasteiger partial charge in [0, 0.05) is 30.9 Å². The monoisotopic (exact) mass is 339 g/mol. The molecule has 3 rings (SSSR count). The van der Waals surface area contributed by atoms with Gasteiger partial charge in [0.25, 0.3) is 0 Å². The van der Waals surface area contributed by atoms with Crippen molar-refractivity contribution in [2.24, 2.45) is 0 Å². The SMILES string of the molecule is CCOc1ncc(C#Cc2cc(Cn3ccnc3[C@H](C)O)no2)cn1. The third-order valence-electron chi connectivity index (χ3n) is 3.24. The Bertz CT molecular complexity index is 887. The predicted molar refractivity (Wildman–Crippen MR) is 87.6 cm³/mol. The molecule has 0 saturated heterocycles. The second kappa shape index (κ2) is 7.59. The van der Waals surface area contributed by atoms with Gasteiger partial charge in [-0.25, -0.2) is 15.0 Å². The van der Waals surface area contributed by atoms with Crippen molar-refractivity contribution in [3.8, 4) is 17.9 Å². The van der Waals surface area contributed by atoms with Crippen LogP contribution in [0.2, 0.25) is 0 Å². The molecule has 0 bridgehead atoms. The Kier molecular flexibility index (Phi) is 5.06. The van der Waals surface area contributed by atoms with Crippen molar-refractivity contribution in [2.45, 2.75) is 26.5 Å². The first-order valence-electron chi connectivity index (χ1n) is 7.77. The fourth-order valence-electron chi connectivity index (χ4n) is 2.16. The van der Waals surface area contributed by atoms with Crippen molar-refractivity contribution in [2.75, 3.05) is 6.61 Å². The Morgan fingerprint density at radius 3 is 2.80 bits per heavy atom. The van der Waals surface area contributed by atoms with E-state index in [1.165, 1.54) is 0 Å². The molecular formula is C17H17N5O3. The average Bonchev–Trinajstić information content (AvgIpc) is 3.24. The number of hydrogen-bond acceptors (Lipinski definition) is 7. The number of ether oxygens (including phenoxy) is 1. The molecule has 0 saturated carbocycles. The first-order valence-corrected chi connectivity index (χ1v) is 7.77. The minimum absolute atomic E-state index is 0.323. The van der Waals surface area contributed by atoms with Crippen LogP contribution in [0.3, 0.4) is 0 Å². The van der Waals surface area contributed by atoms with E-state index in [4.69, 9.17) is 9.26 Å². The molecule has 3 aromatic rings. The minimum Gasteiger partial charge on any atom is -0.464 e. The molecular weight excluding hydrogens is 322 g/mol. The van der Waals surface area contributed by atoms with Gasteiger partial charge < -0.3 is 18.9 Å². The van der Waals surface area contributed by atoms with E-state index in [1.807, 2.05) is 6.92 Å². The summed E-state index contributed by atoms with van der Waals surface area (Å²) in [4.78, 5) is 12.2. The summed E-state index contributed by atoms with van der Waals surface area (Å²) in [6.45, 7) is 4.49. The summed E-state index contributed by atoms with van der Waals surface area (Å²) in [5.74, 6) is 6.79. The molecule has 0 amide bonds. The van der Waals surface area contributed by atoms with Crippen LogP contribution < -0.4 is 4.74 Å². The summed E-state index contributed by atoms with van der Waals surface area (Å²) in [6.07, 6.45) is 5.93. The lowest BCUT2D eigenvalue weighted by molar-refractivity contribution is 0.184. The van der Waals surface area contributed by atoms with Crippen LogP contribution in [0.5, 0.6) is 6.01 Å². The molecule has 128 valence electrons. The van der Waals surface area contributed by atoms with Crippen molar-refractivity contribution >= 4 is 0 Å². The quantitative estimate of drug-likeness (QED) is 0.704. The number of aliphatic hydroxyl groups is 1. The highest BCUT2D eigenvalue weighted by Crippen LogP contribution is 2.12. The van der Waals surface area contributed by atoms with Crippen molar-refractivity contribution in [3.63, 3.8) is 0 Å². The van der Waals surface area contributed by atoms with Gasteiger partial charge in [-0.2, -0.15) is 0 Å². The number of rotatable bonds is 5.